The molecule has 1 aliphatic rings. The number of nitrogens with one attached hydrogen (secondary N) is 1. The largest absolute Gasteiger partial charge is 0.480 e. The van der Waals surface area contributed by atoms with Gasteiger partial charge in [-0.15, -0.1) is 0 Å². The molecule has 0 aliphatic carbocycles. The Labute approximate surface area is 157 Å². The van der Waals surface area contributed by atoms with Gasteiger partial charge < -0.3 is 15.0 Å². The van der Waals surface area contributed by atoms with E-state index in [0.29, 0.717) is 25.2 Å². The van der Waals surface area contributed by atoms with Crippen molar-refractivity contribution in [2.45, 2.75) is 25.8 Å². The van der Waals surface area contributed by atoms with Crippen molar-refractivity contribution in [3.8, 4) is 11.1 Å². The predicted octanol–water partition coefficient (Wildman–Crippen LogP) is 2.83. The van der Waals surface area contributed by atoms with Gasteiger partial charge in [-0.2, -0.15) is 0 Å². The van der Waals surface area contributed by atoms with E-state index in [0.717, 1.165) is 24.0 Å². The number of aliphatic carboxylic acids is 1. The number of likely N-dealkylation sites (tertiary alicyclic amines) is 1. The fourth-order valence-electron chi connectivity index (χ4n) is 3.69. The van der Waals surface area contributed by atoms with Crippen LogP contribution in [0.3, 0.4) is 0 Å². The number of aromatic nitrogens is 1. The molecule has 27 heavy (non-hydrogen) atoms. The van der Waals surface area contributed by atoms with Crippen LogP contribution < -0.4 is 0 Å². The van der Waals surface area contributed by atoms with Gasteiger partial charge in [0.05, 0.1) is 12.1 Å². The van der Waals surface area contributed by atoms with E-state index in [-0.39, 0.29) is 24.3 Å². The highest BCUT2D eigenvalue weighted by Gasteiger charge is 2.28. The lowest BCUT2D eigenvalue weighted by Gasteiger charge is -2.37. The van der Waals surface area contributed by atoms with Crippen molar-refractivity contribution >= 4 is 11.9 Å². The third-order valence-corrected chi connectivity index (χ3v) is 5.14. The predicted molar refractivity (Wildman–Crippen MR) is 100.0 cm³/mol. The number of halogens is 1. The molecule has 2 N–H and O–H groups in total. The number of likely N-dealkylation sites (N-methyl/N-ethyl adjacent to an activating group) is 1. The van der Waals surface area contributed by atoms with Crippen LogP contribution in [0.15, 0.2) is 36.7 Å². The number of amides is 1. The van der Waals surface area contributed by atoms with Gasteiger partial charge in [0, 0.05) is 37.1 Å². The second-order valence-electron chi connectivity index (χ2n) is 6.77. The number of carbonyl (C=O) groups is 2. The number of hydrogen-bond acceptors (Lipinski definition) is 3. The third kappa shape index (κ3) is 4.36. The van der Waals surface area contributed by atoms with Crippen molar-refractivity contribution in [3.05, 3.63) is 48.0 Å². The lowest BCUT2D eigenvalue weighted by atomic mass is 10.00. The number of rotatable bonds is 6. The maximum atomic E-state index is 13.2. The molecule has 7 heteroatoms. The Hall–Kier alpha value is -2.67. The van der Waals surface area contributed by atoms with Crippen LogP contribution in [0.4, 0.5) is 4.39 Å². The lowest BCUT2D eigenvalue weighted by Crippen LogP contribution is -2.48. The average Bonchev–Trinajstić information content (AvgIpc) is 3.16. The molecular weight excluding hydrogens is 349 g/mol. The number of H-pyrrole nitrogens is 1. The summed E-state index contributed by atoms with van der Waals surface area (Å²) in [5, 5.41) is 9.03. The number of carbonyl (C=O) groups excluding carboxylic acids is 1. The van der Waals surface area contributed by atoms with Gasteiger partial charge in [-0.3, -0.25) is 14.5 Å². The summed E-state index contributed by atoms with van der Waals surface area (Å²) in [6.07, 6.45) is 4.93. The second kappa shape index (κ2) is 8.35. The van der Waals surface area contributed by atoms with Crippen molar-refractivity contribution < 1.29 is 19.1 Å². The molecule has 1 amide bonds. The lowest BCUT2D eigenvalue weighted by molar-refractivity contribution is -0.139. The van der Waals surface area contributed by atoms with Gasteiger partial charge in [-0.1, -0.05) is 19.1 Å². The van der Waals surface area contributed by atoms with Crippen LogP contribution in [-0.4, -0.2) is 64.0 Å². The van der Waals surface area contributed by atoms with E-state index in [1.165, 1.54) is 12.1 Å². The van der Waals surface area contributed by atoms with E-state index in [1.54, 1.807) is 29.4 Å². The summed E-state index contributed by atoms with van der Waals surface area (Å²) < 4.78 is 13.2. The molecule has 0 bridgehead atoms. The van der Waals surface area contributed by atoms with Crippen LogP contribution in [0.2, 0.25) is 0 Å². The quantitative estimate of drug-likeness (QED) is 0.816. The Kier molecular flexibility index (Phi) is 5.91. The van der Waals surface area contributed by atoms with E-state index < -0.39 is 5.97 Å². The van der Waals surface area contributed by atoms with Crippen molar-refractivity contribution in [2.75, 3.05) is 26.2 Å². The average molecular weight is 373 g/mol. The summed E-state index contributed by atoms with van der Waals surface area (Å²) in [7, 11) is 0. The zero-order valence-electron chi connectivity index (χ0n) is 15.3. The molecule has 0 spiro atoms. The summed E-state index contributed by atoms with van der Waals surface area (Å²) >= 11 is 0. The smallest absolute Gasteiger partial charge is 0.317 e. The minimum atomic E-state index is -0.827. The minimum Gasteiger partial charge on any atom is -0.480 e. The first-order valence-corrected chi connectivity index (χ1v) is 9.17. The van der Waals surface area contributed by atoms with Crippen LogP contribution in [0.5, 0.6) is 0 Å². The highest BCUT2D eigenvalue weighted by atomic mass is 19.1. The number of nitrogens with zero attached hydrogens (tertiary/aromatic N) is 2. The number of carboxylic acid groups (broad SMARTS) is 1. The van der Waals surface area contributed by atoms with Crippen LogP contribution in [0.1, 0.15) is 30.1 Å². The van der Waals surface area contributed by atoms with Crippen molar-refractivity contribution in [2.24, 2.45) is 0 Å². The number of hydrogen-bond donors (Lipinski definition) is 2. The Morgan fingerprint density at radius 3 is 2.48 bits per heavy atom. The van der Waals surface area contributed by atoms with Gasteiger partial charge in [0.2, 0.25) is 0 Å². The van der Waals surface area contributed by atoms with E-state index in [2.05, 4.69) is 4.98 Å². The van der Waals surface area contributed by atoms with Gasteiger partial charge in [0.1, 0.15) is 5.82 Å². The zero-order chi connectivity index (χ0) is 19.4. The molecular formula is C20H24FN3O3. The summed E-state index contributed by atoms with van der Waals surface area (Å²) in [5.41, 5.74) is 2.11. The number of carboxylic acids is 1. The molecule has 0 radical (unpaired) electrons. The van der Waals surface area contributed by atoms with Crippen LogP contribution in [0, 0.1) is 5.82 Å². The topological polar surface area (TPSA) is 76.6 Å². The van der Waals surface area contributed by atoms with Crippen molar-refractivity contribution in [1.29, 1.82) is 0 Å². The fraction of sp³-hybridized carbons (Fsp3) is 0.400. The van der Waals surface area contributed by atoms with E-state index in [1.807, 2.05) is 11.8 Å². The SMILES string of the molecule is CCN(CC(=O)O)C1CCN(C(=O)c2c[nH]cc2-c2ccc(F)cc2)CC1. The maximum absolute atomic E-state index is 13.2. The van der Waals surface area contributed by atoms with E-state index in [4.69, 9.17) is 5.11 Å². The summed E-state index contributed by atoms with van der Waals surface area (Å²) in [4.78, 5) is 30.7. The molecule has 1 fully saturated rings. The van der Waals surface area contributed by atoms with E-state index >= 15 is 0 Å². The van der Waals surface area contributed by atoms with Crippen molar-refractivity contribution in [3.63, 3.8) is 0 Å². The minimum absolute atomic E-state index is 0.0294. The van der Waals surface area contributed by atoms with Gasteiger partial charge in [-0.25, -0.2) is 4.39 Å². The first-order valence-electron chi connectivity index (χ1n) is 9.17. The number of piperidine rings is 1. The summed E-state index contributed by atoms with van der Waals surface area (Å²) in [5.74, 6) is -1.20. The molecule has 3 rings (SSSR count). The molecule has 2 aromatic rings. The molecule has 1 aliphatic heterocycles. The Balaban J connectivity index is 1.68. The van der Waals surface area contributed by atoms with E-state index in [9.17, 15) is 14.0 Å². The first-order chi connectivity index (χ1) is 13.0. The first kappa shape index (κ1) is 19.1. The van der Waals surface area contributed by atoms with Crippen LogP contribution >= 0.6 is 0 Å². The molecule has 144 valence electrons. The highest BCUT2D eigenvalue weighted by molar-refractivity contribution is 6.00. The molecule has 6 nitrogen and oxygen atoms in total. The van der Waals surface area contributed by atoms with Gasteiger partial charge >= 0.3 is 5.97 Å². The third-order valence-electron chi connectivity index (χ3n) is 5.14. The monoisotopic (exact) mass is 373 g/mol. The summed E-state index contributed by atoms with van der Waals surface area (Å²) in [6.45, 7) is 3.84. The number of benzene rings is 1. The molecule has 0 saturated carbocycles. The van der Waals surface area contributed by atoms with Crippen LogP contribution in [-0.2, 0) is 4.79 Å². The molecule has 0 unspecified atom stereocenters. The summed E-state index contributed by atoms with van der Waals surface area (Å²) in [6, 6.07) is 6.25. The van der Waals surface area contributed by atoms with Gasteiger partial charge in [0.25, 0.3) is 5.91 Å². The van der Waals surface area contributed by atoms with Crippen LogP contribution in [0.25, 0.3) is 11.1 Å². The fourth-order valence-corrected chi connectivity index (χ4v) is 3.69. The molecule has 2 heterocycles. The zero-order valence-corrected chi connectivity index (χ0v) is 15.3. The standard InChI is InChI=1S/C20H24FN3O3/c1-2-23(13-19(25)26)16-7-9-24(10-8-16)20(27)18-12-22-11-17(18)14-3-5-15(21)6-4-14/h3-6,11-12,16,22H,2,7-10,13H2,1H3,(H,25,26). The van der Waals surface area contributed by atoms with Crippen molar-refractivity contribution in [1.82, 2.24) is 14.8 Å². The molecule has 0 atom stereocenters. The van der Waals surface area contributed by atoms with Gasteiger partial charge in [-0.05, 0) is 37.1 Å². The Morgan fingerprint density at radius 1 is 1.22 bits per heavy atom. The maximum Gasteiger partial charge on any atom is 0.317 e. The Morgan fingerprint density at radius 2 is 1.89 bits per heavy atom. The molecule has 1 aromatic carbocycles. The second-order valence-corrected chi connectivity index (χ2v) is 6.77. The van der Waals surface area contributed by atoms with Gasteiger partial charge in [0.15, 0.2) is 0 Å². The number of aromatic amines is 1. The Bertz CT molecular complexity index is 795. The molecule has 1 saturated heterocycles. The normalized spacial score (nSPS) is 15.3. The molecule has 1 aromatic heterocycles. The highest BCUT2D eigenvalue weighted by Crippen LogP contribution is 2.26.